The minimum absolute atomic E-state index is 0.00598. The molecule has 0 aromatic heterocycles. The monoisotopic (exact) mass is 490 g/mol. The Morgan fingerprint density at radius 3 is 2.54 bits per heavy atom. The minimum Gasteiger partial charge on any atom is -0.479 e. The van der Waals surface area contributed by atoms with Gasteiger partial charge in [-0.3, -0.25) is 4.79 Å². The van der Waals surface area contributed by atoms with Crippen LogP contribution in [0.25, 0.3) is 0 Å². The van der Waals surface area contributed by atoms with Gasteiger partial charge in [0.15, 0.2) is 6.10 Å². The van der Waals surface area contributed by atoms with Crippen molar-refractivity contribution < 1.29 is 44.2 Å². The Morgan fingerprint density at radius 1 is 1.06 bits per heavy atom. The Kier molecular flexibility index (Phi) is 6.32. The van der Waals surface area contributed by atoms with Crippen molar-refractivity contribution in [3.63, 3.8) is 0 Å². The van der Waals surface area contributed by atoms with E-state index < -0.39 is 36.7 Å². The van der Waals surface area contributed by atoms with E-state index in [0.717, 1.165) is 44.1 Å². The highest BCUT2D eigenvalue weighted by molar-refractivity contribution is 5.73. The SMILES string of the molecule is CC(=O)O[C@H]1CC[C@@H]2[C@@H]3CCc4cc(O[C@@H]5OC(C(=O)O)[C@H](O)C(O)C5O)ccc4[C@@H]3CC[C@]12C. The highest BCUT2D eigenvalue weighted by Gasteiger charge is 2.56. The molecule has 2 saturated carbocycles. The normalized spacial score (nSPS) is 42.4. The number of aliphatic hydroxyl groups excluding tert-OH is 3. The molecule has 0 bridgehead atoms. The van der Waals surface area contributed by atoms with Crippen LogP contribution in [0.1, 0.15) is 63.0 Å². The zero-order chi connectivity index (χ0) is 25.1. The molecule has 5 rings (SSSR count). The first-order valence-electron chi connectivity index (χ1n) is 12.5. The number of benzene rings is 1. The Bertz CT molecular complexity index is 995. The number of esters is 1. The van der Waals surface area contributed by atoms with Gasteiger partial charge in [0.1, 0.15) is 30.2 Å². The lowest BCUT2D eigenvalue weighted by Gasteiger charge is -2.50. The molecule has 0 spiro atoms. The molecule has 4 aliphatic rings. The van der Waals surface area contributed by atoms with Gasteiger partial charge in [0.25, 0.3) is 0 Å². The lowest BCUT2D eigenvalue weighted by Crippen LogP contribution is -2.61. The molecule has 3 fully saturated rings. The number of carboxylic acids is 1. The van der Waals surface area contributed by atoms with E-state index in [0.29, 0.717) is 23.5 Å². The van der Waals surface area contributed by atoms with Gasteiger partial charge in [-0.15, -0.1) is 0 Å². The average Bonchev–Trinajstić information content (AvgIpc) is 3.14. The van der Waals surface area contributed by atoms with Gasteiger partial charge in [0, 0.05) is 12.3 Å². The van der Waals surface area contributed by atoms with Crippen LogP contribution in [0.15, 0.2) is 18.2 Å². The highest BCUT2D eigenvalue weighted by atomic mass is 16.7. The summed E-state index contributed by atoms with van der Waals surface area (Å²) in [5.41, 5.74) is 2.46. The number of fused-ring (bicyclic) bond motifs is 5. The molecule has 10 atom stereocenters. The summed E-state index contributed by atoms with van der Waals surface area (Å²) in [4.78, 5) is 23.0. The zero-order valence-corrected chi connectivity index (χ0v) is 20.0. The van der Waals surface area contributed by atoms with E-state index in [1.54, 1.807) is 6.07 Å². The molecule has 0 amide bonds. The number of hydrogen-bond donors (Lipinski definition) is 4. The Labute approximate surface area is 204 Å². The number of hydrogen-bond acceptors (Lipinski definition) is 8. The molecule has 0 radical (unpaired) electrons. The molecule has 3 unspecified atom stereocenters. The summed E-state index contributed by atoms with van der Waals surface area (Å²) in [5.74, 6) is 0.235. The quantitative estimate of drug-likeness (QED) is 0.464. The molecule has 1 aliphatic heterocycles. The number of carboxylic acid groups (broad SMARTS) is 1. The van der Waals surface area contributed by atoms with Crippen LogP contribution in [0.2, 0.25) is 0 Å². The van der Waals surface area contributed by atoms with Gasteiger partial charge in [0.2, 0.25) is 6.29 Å². The van der Waals surface area contributed by atoms with Crippen LogP contribution < -0.4 is 4.74 Å². The second-order valence-corrected chi connectivity index (χ2v) is 10.8. The van der Waals surface area contributed by atoms with E-state index in [9.17, 15) is 30.0 Å². The number of aryl methyl sites for hydroxylation is 1. The molecule has 35 heavy (non-hydrogen) atoms. The van der Waals surface area contributed by atoms with E-state index in [2.05, 4.69) is 6.92 Å². The largest absolute Gasteiger partial charge is 0.479 e. The predicted molar refractivity (Wildman–Crippen MR) is 122 cm³/mol. The summed E-state index contributed by atoms with van der Waals surface area (Å²) < 4.78 is 16.7. The van der Waals surface area contributed by atoms with Crippen molar-refractivity contribution in [2.75, 3.05) is 0 Å². The fraction of sp³-hybridized carbons (Fsp3) is 0.692. The number of carbonyl (C=O) groups is 2. The van der Waals surface area contributed by atoms with Gasteiger partial charge < -0.3 is 34.6 Å². The molecule has 9 nitrogen and oxygen atoms in total. The topological polar surface area (TPSA) is 143 Å². The van der Waals surface area contributed by atoms with Crippen molar-refractivity contribution in [1.82, 2.24) is 0 Å². The third kappa shape index (κ3) is 4.12. The van der Waals surface area contributed by atoms with Gasteiger partial charge >= 0.3 is 11.9 Å². The Morgan fingerprint density at radius 2 is 1.83 bits per heavy atom. The fourth-order valence-electron chi connectivity index (χ4n) is 7.26. The van der Waals surface area contributed by atoms with E-state index >= 15 is 0 Å². The van der Waals surface area contributed by atoms with Crippen LogP contribution in [0, 0.1) is 17.3 Å². The molecule has 1 saturated heterocycles. The van der Waals surface area contributed by atoms with E-state index in [-0.39, 0.29) is 17.5 Å². The molecule has 1 aromatic rings. The van der Waals surface area contributed by atoms with Crippen molar-refractivity contribution in [3.8, 4) is 5.75 Å². The molecular formula is C26H34O9. The van der Waals surface area contributed by atoms with Gasteiger partial charge in [-0.1, -0.05) is 13.0 Å². The lowest BCUT2D eigenvalue weighted by atomic mass is 9.55. The number of carbonyl (C=O) groups excluding carboxylic acids is 1. The summed E-state index contributed by atoms with van der Waals surface area (Å²) >= 11 is 0. The van der Waals surface area contributed by atoms with Crippen LogP contribution in [0.4, 0.5) is 0 Å². The third-order valence-corrected chi connectivity index (χ3v) is 8.98. The van der Waals surface area contributed by atoms with Crippen molar-refractivity contribution in [1.29, 1.82) is 0 Å². The summed E-state index contributed by atoms with van der Waals surface area (Å²) in [6, 6.07) is 5.73. The molecule has 4 N–H and O–H groups in total. The highest BCUT2D eigenvalue weighted by Crippen LogP contribution is 2.61. The second kappa shape index (κ2) is 9.03. The van der Waals surface area contributed by atoms with Crippen molar-refractivity contribution >= 4 is 11.9 Å². The first-order chi connectivity index (χ1) is 16.6. The van der Waals surface area contributed by atoms with Gasteiger partial charge in [-0.25, -0.2) is 4.79 Å². The summed E-state index contributed by atoms with van der Waals surface area (Å²) in [6.07, 6.45) is -2.25. The Hall–Kier alpha value is -2.20. The molecule has 192 valence electrons. The summed E-state index contributed by atoms with van der Waals surface area (Å²) in [5, 5.41) is 39.4. The van der Waals surface area contributed by atoms with Gasteiger partial charge in [-0.2, -0.15) is 0 Å². The third-order valence-electron chi connectivity index (χ3n) is 8.98. The maximum Gasteiger partial charge on any atom is 0.335 e. The van der Waals surface area contributed by atoms with E-state index in [1.165, 1.54) is 12.5 Å². The lowest BCUT2D eigenvalue weighted by molar-refractivity contribution is -0.271. The zero-order valence-electron chi connectivity index (χ0n) is 20.0. The number of aliphatic carboxylic acids is 1. The maximum absolute atomic E-state index is 11.6. The molecule has 9 heteroatoms. The Balaban J connectivity index is 1.32. The molecule has 1 heterocycles. The fourth-order valence-corrected chi connectivity index (χ4v) is 7.26. The second-order valence-electron chi connectivity index (χ2n) is 10.8. The van der Waals surface area contributed by atoms with Crippen LogP contribution in [0.5, 0.6) is 5.75 Å². The van der Waals surface area contributed by atoms with Crippen LogP contribution in [0.3, 0.4) is 0 Å². The number of rotatable bonds is 4. The van der Waals surface area contributed by atoms with Crippen LogP contribution in [-0.2, 0) is 25.5 Å². The average molecular weight is 491 g/mol. The number of aliphatic hydroxyl groups is 3. The number of ether oxygens (including phenoxy) is 3. The van der Waals surface area contributed by atoms with Crippen LogP contribution in [-0.4, -0.2) is 69.2 Å². The summed E-state index contributed by atoms with van der Waals surface area (Å²) in [7, 11) is 0. The molecule has 1 aromatic carbocycles. The van der Waals surface area contributed by atoms with Crippen molar-refractivity contribution in [3.05, 3.63) is 29.3 Å². The van der Waals surface area contributed by atoms with Gasteiger partial charge in [0.05, 0.1) is 0 Å². The van der Waals surface area contributed by atoms with Crippen molar-refractivity contribution in [2.45, 2.75) is 95.1 Å². The minimum atomic E-state index is -1.75. The van der Waals surface area contributed by atoms with E-state index in [1.807, 2.05) is 12.1 Å². The van der Waals surface area contributed by atoms with E-state index in [4.69, 9.17) is 14.2 Å². The first kappa shape index (κ1) is 24.5. The standard InChI is InChI=1S/C26H34O9/c1-12(27)33-19-8-7-18-17-5-3-13-11-14(4-6-15(13)16(17)9-10-26(18,19)2)34-25-22(30)20(28)21(29)23(35-25)24(31)32/h4,6,11,16-23,25,28-30H,3,5,7-10H2,1-2H3,(H,31,32)/t16-,17+,18+,19-,20?,21+,22?,23?,25+,26-/m0/s1. The first-order valence-corrected chi connectivity index (χ1v) is 12.5. The van der Waals surface area contributed by atoms with Crippen LogP contribution >= 0.6 is 0 Å². The maximum atomic E-state index is 11.6. The molecule has 3 aliphatic carbocycles. The smallest absolute Gasteiger partial charge is 0.335 e. The predicted octanol–water partition coefficient (Wildman–Crippen LogP) is 1.75. The van der Waals surface area contributed by atoms with Gasteiger partial charge in [-0.05, 0) is 79.5 Å². The molecular weight excluding hydrogens is 456 g/mol. The van der Waals surface area contributed by atoms with Crippen molar-refractivity contribution in [2.24, 2.45) is 17.3 Å². The summed E-state index contributed by atoms with van der Waals surface area (Å²) in [6.45, 7) is 3.77.